The summed E-state index contributed by atoms with van der Waals surface area (Å²) in [6.07, 6.45) is 0.401. The van der Waals surface area contributed by atoms with Crippen molar-refractivity contribution in [3.63, 3.8) is 0 Å². The van der Waals surface area contributed by atoms with Gasteiger partial charge >= 0.3 is 0 Å². The molecule has 20 heavy (non-hydrogen) atoms. The highest BCUT2D eigenvalue weighted by Gasteiger charge is 2.10. The first-order valence-electron chi connectivity index (χ1n) is 5.85. The number of hydrogen-bond donors (Lipinski definition) is 0. The van der Waals surface area contributed by atoms with E-state index in [1.54, 1.807) is 24.3 Å². The Morgan fingerprint density at radius 1 is 1.05 bits per heavy atom. The number of carbonyl (C=O) groups excluding carboxylic acids is 1. The molecule has 0 amide bonds. The fourth-order valence-corrected chi connectivity index (χ4v) is 2.54. The molecule has 0 bridgehead atoms. The second-order valence-electron chi connectivity index (χ2n) is 4.38. The summed E-state index contributed by atoms with van der Waals surface area (Å²) in [6.45, 7) is 0. The normalized spacial score (nSPS) is 10.6. The lowest BCUT2D eigenvalue weighted by molar-refractivity contribution is -0.117. The second kappa shape index (κ2) is 6.70. The maximum atomic E-state index is 13.2. The lowest BCUT2D eigenvalue weighted by Gasteiger charge is -2.05. The van der Waals surface area contributed by atoms with Crippen LogP contribution in [0.15, 0.2) is 40.9 Å². The van der Waals surface area contributed by atoms with Crippen LogP contribution in [0.1, 0.15) is 11.1 Å². The molecule has 0 fully saturated rings. The molecule has 2 aromatic carbocycles. The van der Waals surface area contributed by atoms with Crippen LogP contribution >= 0.6 is 39.1 Å². The minimum atomic E-state index is -0.356. The molecule has 0 aromatic heterocycles. The Morgan fingerprint density at radius 3 is 2.50 bits per heavy atom. The lowest BCUT2D eigenvalue weighted by Crippen LogP contribution is -2.07. The quantitative estimate of drug-likeness (QED) is 0.713. The molecule has 0 saturated carbocycles. The van der Waals surface area contributed by atoms with E-state index in [0.717, 1.165) is 10.0 Å². The van der Waals surface area contributed by atoms with E-state index in [2.05, 4.69) is 15.9 Å². The molecule has 0 unspecified atom stereocenters. The van der Waals surface area contributed by atoms with Crippen molar-refractivity contribution in [1.29, 1.82) is 0 Å². The van der Waals surface area contributed by atoms with Crippen molar-refractivity contribution in [3.05, 3.63) is 67.9 Å². The standard InChI is InChI=1S/C15H10BrCl2FO/c16-13-3-2-11(19)7-10(13)8-12(20)5-9-1-4-14(17)15(18)6-9/h1-4,6-7H,5,8H2. The van der Waals surface area contributed by atoms with E-state index in [4.69, 9.17) is 23.2 Å². The average Bonchev–Trinajstić information content (AvgIpc) is 2.38. The van der Waals surface area contributed by atoms with Crippen LogP contribution in [-0.2, 0) is 17.6 Å². The van der Waals surface area contributed by atoms with E-state index in [1.807, 2.05) is 0 Å². The summed E-state index contributed by atoms with van der Waals surface area (Å²) in [5.41, 5.74) is 1.42. The molecule has 0 aliphatic rings. The van der Waals surface area contributed by atoms with Crippen molar-refractivity contribution >= 4 is 44.9 Å². The highest BCUT2D eigenvalue weighted by atomic mass is 79.9. The number of rotatable bonds is 4. The van der Waals surface area contributed by atoms with Crippen LogP contribution in [0.3, 0.4) is 0 Å². The Hall–Kier alpha value is -0.900. The Balaban J connectivity index is 2.09. The van der Waals surface area contributed by atoms with Crippen LogP contribution in [0, 0.1) is 5.82 Å². The molecule has 0 aliphatic carbocycles. The maximum Gasteiger partial charge on any atom is 0.141 e. The minimum absolute atomic E-state index is 0.0188. The predicted molar refractivity (Wildman–Crippen MR) is 83.0 cm³/mol. The monoisotopic (exact) mass is 374 g/mol. The molecule has 0 heterocycles. The summed E-state index contributed by atoms with van der Waals surface area (Å²) in [7, 11) is 0. The number of ketones is 1. The van der Waals surface area contributed by atoms with Crippen molar-refractivity contribution in [1.82, 2.24) is 0 Å². The van der Waals surface area contributed by atoms with Crippen molar-refractivity contribution < 1.29 is 9.18 Å². The molecule has 0 spiro atoms. The van der Waals surface area contributed by atoms with Gasteiger partial charge < -0.3 is 0 Å². The van der Waals surface area contributed by atoms with Crippen molar-refractivity contribution in [2.75, 3.05) is 0 Å². The van der Waals surface area contributed by atoms with Gasteiger partial charge in [0.2, 0.25) is 0 Å². The number of benzene rings is 2. The van der Waals surface area contributed by atoms with Gasteiger partial charge in [0.05, 0.1) is 10.0 Å². The molecular formula is C15H10BrCl2FO. The van der Waals surface area contributed by atoms with Crippen LogP contribution in [0.5, 0.6) is 0 Å². The molecule has 0 aliphatic heterocycles. The van der Waals surface area contributed by atoms with Gasteiger partial charge in [0, 0.05) is 17.3 Å². The first kappa shape index (κ1) is 15.5. The van der Waals surface area contributed by atoms with Gasteiger partial charge in [0.15, 0.2) is 0 Å². The molecule has 1 nitrogen and oxygen atoms in total. The molecule has 2 aromatic rings. The topological polar surface area (TPSA) is 17.1 Å². The average molecular weight is 376 g/mol. The van der Waals surface area contributed by atoms with Gasteiger partial charge in [0.1, 0.15) is 11.6 Å². The van der Waals surface area contributed by atoms with E-state index in [9.17, 15) is 9.18 Å². The fourth-order valence-electron chi connectivity index (χ4n) is 1.83. The summed E-state index contributed by atoms with van der Waals surface area (Å²) < 4.78 is 13.9. The molecular weight excluding hydrogens is 366 g/mol. The Labute approximate surface area is 134 Å². The van der Waals surface area contributed by atoms with Gasteiger partial charge in [-0.1, -0.05) is 45.2 Å². The maximum absolute atomic E-state index is 13.2. The Morgan fingerprint density at radius 2 is 1.80 bits per heavy atom. The zero-order valence-corrected chi connectivity index (χ0v) is 13.4. The largest absolute Gasteiger partial charge is 0.299 e. The zero-order chi connectivity index (χ0) is 14.7. The van der Waals surface area contributed by atoms with Crippen LogP contribution in [0.2, 0.25) is 10.0 Å². The van der Waals surface area contributed by atoms with E-state index < -0.39 is 0 Å². The smallest absolute Gasteiger partial charge is 0.141 e. The Bertz CT molecular complexity index is 658. The first-order valence-corrected chi connectivity index (χ1v) is 7.40. The van der Waals surface area contributed by atoms with Gasteiger partial charge in [0.25, 0.3) is 0 Å². The first-order chi connectivity index (χ1) is 9.45. The summed E-state index contributed by atoms with van der Waals surface area (Å²) >= 11 is 15.0. The van der Waals surface area contributed by atoms with Gasteiger partial charge in [-0.3, -0.25) is 4.79 Å². The van der Waals surface area contributed by atoms with Gasteiger partial charge in [-0.25, -0.2) is 4.39 Å². The third-order valence-corrected chi connectivity index (χ3v) is 4.29. The molecule has 0 N–H and O–H groups in total. The highest BCUT2D eigenvalue weighted by molar-refractivity contribution is 9.10. The molecule has 0 radical (unpaired) electrons. The number of hydrogen-bond acceptors (Lipinski definition) is 1. The zero-order valence-electron chi connectivity index (χ0n) is 10.3. The number of halogens is 4. The van der Waals surface area contributed by atoms with E-state index >= 15 is 0 Å². The summed E-state index contributed by atoms with van der Waals surface area (Å²) in [5.74, 6) is -0.375. The molecule has 0 saturated heterocycles. The van der Waals surface area contributed by atoms with Gasteiger partial charge in [-0.05, 0) is 41.5 Å². The minimum Gasteiger partial charge on any atom is -0.299 e. The van der Waals surface area contributed by atoms with Crippen LogP contribution in [0.4, 0.5) is 4.39 Å². The SMILES string of the molecule is O=C(Cc1ccc(Cl)c(Cl)c1)Cc1cc(F)ccc1Br. The van der Waals surface area contributed by atoms with Crippen LogP contribution < -0.4 is 0 Å². The number of carbonyl (C=O) groups is 1. The fraction of sp³-hybridized carbons (Fsp3) is 0.133. The van der Waals surface area contributed by atoms with E-state index in [0.29, 0.717) is 15.6 Å². The van der Waals surface area contributed by atoms with Crippen molar-refractivity contribution in [3.8, 4) is 0 Å². The van der Waals surface area contributed by atoms with E-state index in [1.165, 1.54) is 12.1 Å². The second-order valence-corrected chi connectivity index (χ2v) is 6.05. The Kier molecular flexibility index (Phi) is 5.19. The van der Waals surface area contributed by atoms with Crippen molar-refractivity contribution in [2.24, 2.45) is 0 Å². The molecule has 104 valence electrons. The summed E-state index contributed by atoms with van der Waals surface area (Å²) in [6, 6.07) is 9.38. The predicted octanol–water partition coefficient (Wildman–Crippen LogP) is 5.25. The van der Waals surface area contributed by atoms with Crippen LogP contribution in [0.25, 0.3) is 0 Å². The summed E-state index contributed by atoms with van der Waals surface area (Å²) in [5, 5.41) is 0.875. The molecule has 2 rings (SSSR count). The number of Topliss-reactive ketones (excluding diaryl/α,β-unsaturated/α-hetero) is 1. The molecule has 5 heteroatoms. The van der Waals surface area contributed by atoms with Gasteiger partial charge in [-0.2, -0.15) is 0 Å². The third kappa shape index (κ3) is 4.05. The van der Waals surface area contributed by atoms with E-state index in [-0.39, 0.29) is 24.4 Å². The lowest BCUT2D eigenvalue weighted by atomic mass is 10.0. The van der Waals surface area contributed by atoms with Crippen LogP contribution in [-0.4, -0.2) is 5.78 Å². The third-order valence-electron chi connectivity index (χ3n) is 2.78. The molecule has 0 atom stereocenters. The van der Waals surface area contributed by atoms with Crippen molar-refractivity contribution in [2.45, 2.75) is 12.8 Å². The van der Waals surface area contributed by atoms with Gasteiger partial charge in [-0.15, -0.1) is 0 Å². The highest BCUT2D eigenvalue weighted by Crippen LogP contribution is 2.23. The summed E-state index contributed by atoms with van der Waals surface area (Å²) in [4.78, 5) is 12.0.